The first-order valence-corrected chi connectivity index (χ1v) is 6.51. The number of carbonyl (C=O) groups is 1. The van der Waals surface area contributed by atoms with Gasteiger partial charge in [0.2, 0.25) is 0 Å². The van der Waals surface area contributed by atoms with Crippen molar-refractivity contribution >= 4 is 16.1 Å². The molecule has 0 spiro atoms. The number of carboxylic acids is 1. The van der Waals surface area contributed by atoms with E-state index < -0.39 is 21.7 Å². The topological polar surface area (TPSA) is 80.7 Å². The van der Waals surface area contributed by atoms with Gasteiger partial charge in [0.05, 0.1) is 0 Å². The minimum absolute atomic E-state index is 0.343. The normalized spacial score (nSPS) is 12.4. The number of hydrogen-bond donors (Lipinski definition) is 1. The van der Waals surface area contributed by atoms with Gasteiger partial charge >= 0.3 is 5.97 Å². The monoisotopic (exact) mass is 258 g/mol. The molecule has 0 bridgehead atoms. The van der Waals surface area contributed by atoms with Gasteiger partial charge in [0.25, 0.3) is 10.1 Å². The second-order valence-electron chi connectivity index (χ2n) is 4.09. The highest BCUT2D eigenvalue weighted by Gasteiger charge is 2.34. The van der Waals surface area contributed by atoms with E-state index in [0.29, 0.717) is 5.56 Å². The van der Waals surface area contributed by atoms with Gasteiger partial charge in [0.1, 0.15) is 5.75 Å². The molecule has 0 saturated carbocycles. The van der Waals surface area contributed by atoms with Gasteiger partial charge in [-0.2, -0.15) is 8.42 Å². The lowest BCUT2D eigenvalue weighted by atomic mass is 10.1. The molecule has 0 saturated heterocycles. The van der Waals surface area contributed by atoms with Crippen LogP contribution < -0.4 is 0 Å². The summed E-state index contributed by atoms with van der Waals surface area (Å²) in [6.45, 7) is 2.38. The Kier molecular flexibility index (Phi) is 3.90. The van der Waals surface area contributed by atoms with Crippen LogP contribution in [0.2, 0.25) is 0 Å². The number of benzene rings is 1. The maximum Gasteiger partial charge on any atom is 0.336 e. The van der Waals surface area contributed by atoms with Crippen LogP contribution in [0.25, 0.3) is 0 Å². The standard InChI is InChI=1S/C11H14O5S/c1-11(2,10(12)13)16-17(14,15)8-9-6-4-3-5-7-9/h3-7H,8H2,1-2H3,(H,12,13). The molecule has 5 nitrogen and oxygen atoms in total. The van der Waals surface area contributed by atoms with Crippen molar-refractivity contribution in [2.24, 2.45) is 0 Å². The van der Waals surface area contributed by atoms with Crippen LogP contribution in [0, 0.1) is 0 Å². The van der Waals surface area contributed by atoms with Crippen molar-refractivity contribution in [3.05, 3.63) is 35.9 Å². The molecule has 94 valence electrons. The molecular formula is C11H14O5S. The predicted octanol–water partition coefficient (Wildman–Crippen LogP) is 1.40. The number of rotatable bonds is 5. The largest absolute Gasteiger partial charge is 0.479 e. The van der Waals surface area contributed by atoms with E-state index in [1.807, 2.05) is 0 Å². The van der Waals surface area contributed by atoms with Crippen LogP contribution in [0.5, 0.6) is 0 Å². The summed E-state index contributed by atoms with van der Waals surface area (Å²) >= 11 is 0. The minimum Gasteiger partial charge on any atom is -0.479 e. The molecule has 0 aromatic heterocycles. The summed E-state index contributed by atoms with van der Waals surface area (Å²) in [4.78, 5) is 10.8. The molecule has 1 N–H and O–H groups in total. The van der Waals surface area contributed by atoms with E-state index in [2.05, 4.69) is 4.18 Å². The Morgan fingerprint density at radius 1 is 1.29 bits per heavy atom. The highest BCUT2D eigenvalue weighted by molar-refractivity contribution is 7.86. The molecule has 6 heteroatoms. The average molecular weight is 258 g/mol. The zero-order chi connectivity index (χ0) is 13.1. The lowest BCUT2D eigenvalue weighted by Gasteiger charge is -2.19. The Labute approximate surface area is 100 Å². The summed E-state index contributed by atoms with van der Waals surface area (Å²) in [6.07, 6.45) is 0. The molecule has 0 radical (unpaired) electrons. The quantitative estimate of drug-likeness (QED) is 0.807. The highest BCUT2D eigenvalue weighted by atomic mass is 32.2. The van der Waals surface area contributed by atoms with E-state index in [-0.39, 0.29) is 5.75 Å². The van der Waals surface area contributed by atoms with Gasteiger partial charge in [0, 0.05) is 0 Å². The Balaban J connectivity index is 2.81. The second kappa shape index (κ2) is 4.85. The lowest BCUT2D eigenvalue weighted by Crippen LogP contribution is -2.37. The van der Waals surface area contributed by atoms with Crippen molar-refractivity contribution in [3.8, 4) is 0 Å². The van der Waals surface area contributed by atoms with Gasteiger partial charge in [-0.25, -0.2) is 4.79 Å². The minimum atomic E-state index is -3.92. The third kappa shape index (κ3) is 4.16. The predicted molar refractivity (Wildman–Crippen MR) is 61.9 cm³/mol. The Bertz CT molecular complexity index is 490. The average Bonchev–Trinajstić information content (AvgIpc) is 2.16. The van der Waals surface area contributed by atoms with Crippen LogP contribution in [0.3, 0.4) is 0 Å². The molecule has 0 aliphatic carbocycles. The van der Waals surface area contributed by atoms with Gasteiger partial charge < -0.3 is 5.11 Å². The first kappa shape index (κ1) is 13.7. The molecule has 1 aromatic rings. The molecule has 0 heterocycles. The fourth-order valence-electron chi connectivity index (χ4n) is 1.16. The second-order valence-corrected chi connectivity index (χ2v) is 5.66. The number of aliphatic carboxylic acids is 1. The van der Waals surface area contributed by atoms with Crippen molar-refractivity contribution in [1.29, 1.82) is 0 Å². The van der Waals surface area contributed by atoms with Gasteiger partial charge in [-0.3, -0.25) is 4.18 Å². The molecule has 17 heavy (non-hydrogen) atoms. The van der Waals surface area contributed by atoms with Crippen molar-refractivity contribution in [3.63, 3.8) is 0 Å². The van der Waals surface area contributed by atoms with E-state index in [4.69, 9.17) is 5.11 Å². The molecule has 0 fully saturated rings. The van der Waals surface area contributed by atoms with Gasteiger partial charge in [-0.1, -0.05) is 30.3 Å². The summed E-state index contributed by atoms with van der Waals surface area (Å²) < 4.78 is 27.9. The van der Waals surface area contributed by atoms with Gasteiger partial charge in [-0.05, 0) is 19.4 Å². The summed E-state index contributed by atoms with van der Waals surface area (Å²) in [7, 11) is -3.92. The Morgan fingerprint density at radius 2 is 1.82 bits per heavy atom. The van der Waals surface area contributed by atoms with Crippen LogP contribution in [0.4, 0.5) is 0 Å². The lowest BCUT2D eigenvalue weighted by molar-refractivity contribution is -0.151. The zero-order valence-electron chi connectivity index (χ0n) is 9.58. The highest BCUT2D eigenvalue weighted by Crippen LogP contribution is 2.17. The molecule has 0 amide bonds. The van der Waals surface area contributed by atoms with Crippen LogP contribution in [0.1, 0.15) is 19.4 Å². The maximum absolute atomic E-state index is 11.6. The zero-order valence-corrected chi connectivity index (χ0v) is 10.4. The van der Waals surface area contributed by atoms with Crippen LogP contribution in [-0.2, 0) is 24.8 Å². The van der Waals surface area contributed by atoms with Crippen molar-refractivity contribution in [2.45, 2.75) is 25.2 Å². The molecule has 1 rings (SSSR count). The summed E-state index contributed by atoms with van der Waals surface area (Å²) in [5.41, 5.74) is -1.21. The smallest absolute Gasteiger partial charge is 0.336 e. The summed E-state index contributed by atoms with van der Waals surface area (Å²) in [5.74, 6) is -1.67. The van der Waals surface area contributed by atoms with E-state index in [1.165, 1.54) is 13.8 Å². The summed E-state index contributed by atoms with van der Waals surface area (Å²) in [6, 6.07) is 8.43. The molecular weight excluding hydrogens is 244 g/mol. The van der Waals surface area contributed by atoms with Crippen molar-refractivity contribution < 1.29 is 22.5 Å². The SMILES string of the molecule is CC(C)(OS(=O)(=O)Cc1ccccc1)C(=O)O. The van der Waals surface area contributed by atoms with Gasteiger partial charge in [-0.15, -0.1) is 0 Å². The molecule has 0 aliphatic heterocycles. The van der Waals surface area contributed by atoms with E-state index >= 15 is 0 Å². The van der Waals surface area contributed by atoms with Crippen LogP contribution in [-0.4, -0.2) is 25.1 Å². The fourth-order valence-corrected chi connectivity index (χ4v) is 2.53. The van der Waals surface area contributed by atoms with E-state index in [9.17, 15) is 13.2 Å². The van der Waals surface area contributed by atoms with Crippen molar-refractivity contribution in [2.75, 3.05) is 0 Å². The number of carboxylic acid groups (broad SMARTS) is 1. The molecule has 0 atom stereocenters. The Hall–Kier alpha value is -1.40. The van der Waals surface area contributed by atoms with Crippen LogP contribution in [0.15, 0.2) is 30.3 Å². The third-order valence-electron chi connectivity index (χ3n) is 2.04. The fraction of sp³-hybridized carbons (Fsp3) is 0.364. The maximum atomic E-state index is 11.6. The van der Waals surface area contributed by atoms with Crippen LogP contribution >= 0.6 is 0 Å². The van der Waals surface area contributed by atoms with Gasteiger partial charge in [0.15, 0.2) is 5.60 Å². The Morgan fingerprint density at radius 3 is 2.29 bits per heavy atom. The summed E-state index contributed by atoms with van der Waals surface area (Å²) in [5, 5.41) is 8.78. The number of hydrogen-bond acceptors (Lipinski definition) is 4. The molecule has 0 unspecified atom stereocenters. The molecule has 1 aromatic carbocycles. The van der Waals surface area contributed by atoms with Crippen molar-refractivity contribution in [1.82, 2.24) is 0 Å². The third-order valence-corrected chi connectivity index (χ3v) is 3.39. The molecule has 0 aliphatic rings. The van der Waals surface area contributed by atoms with E-state index in [1.54, 1.807) is 30.3 Å². The first-order chi connectivity index (χ1) is 7.73. The first-order valence-electron chi connectivity index (χ1n) is 4.93. The van der Waals surface area contributed by atoms with E-state index in [0.717, 1.165) is 0 Å².